The summed E-state index contributed by atoms with van der Waals surface area (Å²) in [4.78, 5) is 17.8. The van der Waals surface area contributed by atoms with E-state index in [0.717, 1.165) is 35.3 Å². The molecule has 0 fully saturated rings. The highest BCUT2D eigenvalue weighted by Gasteiger charge is 2.24. The van der Waals surface area contributed by atoms with Gasteiger partial charge in [0, 0.05) is 19.5 Å². The molecule has 126 valence electrons. The van der Waals surface area contributed by atoms with Crippen LogP contribution in [0.3, 0.4) is 0 Å². The first kappa shape index (κ1) is 15.6. The zero-order valence-corrected chi connectivity index (χ0v) is 13.9. The average molecular weight is 332 g/mol. The molecule has 3 N–H and O–H groups in total. The van der Waals surface area contributed by atoms with E-state index in [2.05, 4.69) is 10.3 Å². The summed E-state index contributed by atoms with van der Waals surface area (Å²) in [5, 5.41) is 3.25. The summed E-state index contributed by atoms with van der Waals surface area (Å²) in [6, 6.07) is 19.6. The second-order valence-electron chi connectivity index (χ2n) is 6.22. The molecule has 0 radical (unpaired) electrons. The number of fused-ring (bicyclic) bond motifs is 1. The SMILES string of the molecule is Nc1nc2c(c(=O)n1C(c1ccccc1)c1ccccc1)CNCC2. The van der Waals surface area contributed by atoms with Crippen molar-refractivity contribution in [2.45, 2.75) is 19.0 Å². The fourth-order valence-corrected chi connectivity index (χ4v) is 3.45. The van der Waals surface area contributed by atoms with Crippen LogP contribution in [-0.4, -0.2) is 16.1 Å². The van der Waals surface area contributed by atoms with Crippen molar-refractivity contribution in [3.63, 3.8) is 0 Å². The zero-order chi connectivity index (χ0) is 17.2. The smallest absolute Gasteiger partial charge is 0.260 e. The van der Waals surface area contributed by atoms with Crippen molar-refractivity contribution in [3.8, 4) is 0 Å². The molecule has 0 spiro atoms. The third-order valence-corrected chi connectivity index (χ3v) is 4.65. The van der Waals surface area contributed by atoms with Gasteiger partial charge in [-0.1, -0.05) is 60.7 Å². The van der Waals surface area contributed by atoms with Crippen LogP contribution >= 0.6 is 0 Å². The zero-order valence-electron chi connectivity index (χ0n) is 13.9. The number of nitrogens with two attached hydrogens (primary N) is 1. The monoisotopic (exact) mass is 332 g/mol. The molecule has 5 nitrogen and oxygen atoms in total. The van der Waals surface area contributed by atoms with E-state index >= 15 is 0 Å². The molecule has 0 saturated carbocycles. The molecule has 1 aliphatic heterocycles. The van der Waals surface area contributed by atoms with Gasteiger partial charge < -0.3 is 11.1 Å². The number of anilines is 1. The third kappa shape index (κ3) is 2.83. The maximum absolute atomic E-state index is 13.2. The van der Waals surface area contributed by atoms with Crippen molar-refractivity contribution >= 4 is 5.95 Å². The number of nitrogens with one attached hydrogen (secondary N) is 1. The number of nitrogens with zero attached hydrogens (tertiary/aromatic N) is 2. The van der Waals surface area contributed by atoms with Gasteiger partial charge in [0.2, 0.25) is 5.95 Å². The Morgan fingerprint density at radius 3 is 2.20 bits per heavy atom. The van der Waals surface area contributed by atoms with Gasteiger partial charge in [-0.05, 0) is 11.1 Å². The molecule has 25 heavy (non-hydrogen) atoms. The van der Waals surface area contributed by atoms with Gasteiger partial charge in [0.15, 0.2) is 0 Å². The highest BCUT2D eigenvalue weighted by atomic mass is 16.1. The van der Waals surface area contributed by atoms with Crippen LogP contribution in [-0.2, 0) is 13.0 Å². The molecule has 0 aliphatic carbocycles. The molecule has 2 aromatic carbocycles. The molecule has 1 aromatic heterocycles. The van der Waals surface area contributed by atoms with Crippen LogP contribution in [0.4, 0.5) is 5.95 Å². The van der Waals surface area contributed by atoms with Crippen LogP contribution in [0, 0.1) is 0 Å². The number of hydrogen-bond acceptors (Lipinski definition) is 4. The second-order valence-corrected chi connectivity index (χ2v) is 6.22. The topological polar surface area (TPSA) is 72.9 Å². The van der Waals surface area contributed by atoms with E-state index in [1.807, 2.05) is 60.7 Å². The lowest BCUT2D eigenvalue weighted by Crippen LogP contribution is -2.38. The van der Waals surface area contributed by atoms with Crippen molar-refractivity contribution in [1.82, 2.24) is 14.9 Å². The maximum atomic E-state index is 13.2. The van der Waals surface area contributed by atoms with E-state index in [1.165, 1.54) is 0 Å². The van der Waals surface area contributed by atoms with Gasteiger partial charge in [-0.15, -0.1) is 0 Å². The minimum absolute atomic E-state index is 0.0626. The molecule has 2 heterocycles. The third-order valence-electron chi connectivity index (χ3n) is 4.65. The van der Waals surface area contributed by atoms with Crippen LogP contribution in [0.5, 0.6) is 0 Å². The van der Waals surface area contributed by atoms with Gasteiger partial charge in [-0.2, -0.15) is 0 Å². The minimum Gasteiger partial charge on any atom is -0.369 e. The van der Waals surface area contributed by atoms with Crippen LogP contribution in [0.2, 0.25) is 0 Å². The van der Waals surface area contributed by atoms with Crippen LogP contribution in [0.15, 0.2) is 65.5 Å². The Balaban J connectivity index is 1.96. The quantitative estimate of drug-likeness (QED) is 0.770. The molecule has 0 saturated heterocycles. The summed E-state index contributed by atoms with van der Waals surface area (Å²) in [6.07, 6.45) is 0.733. The van der Waals surface area contributed by atoms with Crippen molar-refractivity contribution in [2.75, 3.05) is 12.3 Å². The Morgan fingerprint density at radius 1 is 1.00 bits per heavy atom. The number of rotatable bonds is 3. The maximum Gasteiger partial charge on any atom is 0.260 e. The lowest BCUT2D eigenvalue weighted by Gasteiger charge is -2.25. The van der Waals surface area contributed by atoms with Gasteiger partial charge >= 0.3 is 0 Å². The predicted molar refractivity (Wildman–Crippen MR) is 98.4 cm³/mol. The van der Waals surface area contributed by atoms with E-state index in [1.54, 1.807) is 4.57 Å². The number of hydrogen-bond donors (Lipinski definition) is 2. The highest BCUT2D eigenvalue weighted by molar-refractivity contribution is 5.38. The molecule has 3 aromatic rings. The molecule has 0 amide bonds. The first-order valence-electron chi connectivity index (χ1n) is 8.46. The van der Waals surface area contributed by atoms with Gasteiger partial charge in [0.05, 0.1) is 17.3 Å². The Hall–Kier alpha value is -2.92. The summed E-state index contributed by atoms with van der Waals surface area (Å²) < 4.78 is 1.62. The van der Waals surface area contributed by atoms with Crippen LogP contribution < -0.4 is 16.6 Å². The largest absolute Gasteiger partial charge is 0.369 e. The molecular formula is C20H20N4O. The first-order chi connectivity index (χ1) is 12.3. The Kier molecular flexibility index (Phi) is 4.07. The Bertz CT molecular complexity index is 896. The van der Waals surface area contributed by atoms with Gasteiger partial charge in [-0.3, -0.25) is 9.36 Å². The first-order valence-corrected chi connectivity index (χ1v) is 8.46. The number of nitrogen functional groups attached to an aromatic ring is 1. The molecular weight excluding hydrogens is 312 g/mol. The molecule has 1 aliphatic rings. The van der Waals surface area contributed by atoms with E-state index in [4.69, 9.17) is 5.73 Å². The van der Waals surface area contributed by atoms with Crippen molar-refractivity contribution in [2.24, 2.45) is 0 Å². The molecule has 4 rings (SSSR count). The van der Waals surface area contributed by atoms with Crippen molar-refractivity contribution in [3.05, 3.63) is 93.4 Å². The summed E-state index contributed by atoms with van der Waals surface area (Å²) >= 11 is 0. The van der Waals surface area contributed by atoms with Gasteiger partial charge in [-0.25, -0.2) is 4.98 Å². The number of aromatic nitrogens is 2. The lowest BCUT2D eigenvalue weighted by atomic mass is 9.98. The standard InChI is InChI=1S/C20H20N4O/c21-20-23-17-11-12-22-13-16(17)19(25)24(20)18(14-7-3-1-4-8-14)15-9-5-2-6-10-15/h1-10,18,22H,11-13H2,(H2,21,23). The molecule has 5 heteroatoms. The highest BCUT2D eigenvalue weighted by Crippen LogP contribution is 2.27. The van der Waals surface area contributed by atoms with Crippen LogP contribution in [0.25, 0.3) is 0 Å². The van der Waals surface area contributed by atoms with Crippen molar-refractivity contribution < 1.29 is 0 Å². The van der Waals surface area contributed by atoms with E-state index in [-0.39, 0.29) is 17.5 Å². The van der Waals surface area contributed by atoms with E-state index < -0.39 is 0 Å². The number of benzene rings is 2. The Morgan fingerprint density at radius 2 is 1.60 bits per heavy atom. The van der Waals surface area contributed by atoms with E-state index in [0.29, 0.717) is 6.54 Å². The van der Waals surface area contributed by atoms with E-state index in [9.17, 15) is 4.79 Å². The van der Waals surface area contributed by atoms with Crippen LogP contribution in [0.1, 0.15) is 28.4 Å². The van der Waals surface area contributed by atoms with Gasteiger partial charge in [0.25, 0.3) is 5.56 Å². The summed E-state index contributed by atoms with van der Waals surface area (Å²) in [7, 11) is 0. The average Bonchev–Trinajstić information content (AvgIpc) is 2.66. The fraction of sp³-hybridized carbons (Fsp3) is 0.200. The fourth-order valence-electron chi connectivity index (χ4n) is 3.45. The summed E-state index contributed by atoms with van der Waals surface area (Å²) in [5.74, 6) is 0.267. The Labute approximate surface area is 146 Å². The lowest BCUT2D eigenvalue weighted by molar-refractivity contribution is 0.580. The normalized spacial score (nSPS) is 13.6. The predicted octanol–water partition coefficient (Wildman–Crippen LogP) is 2.11. The molecule has 0 bridgehead atoms. The minimum atomic E-state index is -0.297. The summed E-state index contributed by atoms with van der Waals surface area (Å²) in [6.45, 7) is 1.36. The van der Waals surface area contributed by atoms with Gasteiger partial charge in [0.1, 0.15) is 0 Å². The second kappa shape index (κ2) is 6.53. The molecule has 0 unspecified atom stereocenters. The molecule has 0 atom stereocenters. The van der Waals surface area contributed by atoms with Crippen molar-refractivity contribution in [1.29, 1.82) is 0 Å². The summed E-state index contributed by atoms with van der Waals surface area (Å²) in [5.41, 5.74) is 9.74.